The van der Waals surface area contributed by atoms with E-state index in [1.807, 2.05) is 0 Å². The number of hydrogen-bond donors (Lipinski definition) is 0. The summed E-state index contributed by atoms with van der Waals surface area (Å²) in [6, 6.07) is 11.4. The molecule has 7 heteroatoms. The molecule has 0 atom stereocenters. The van der Waals surface area contributed by atoms with E-state index in [4.69, 9.17) is 11.2 Å². The molecule has 2 aromatic carbocycles. The van der Waals surface area contributed by atoms with Gasteiger partial charge in [-0.2, -0.15) is 0 Å². The van der Waals surface area contributed by atoms with Crippen molar-refractivity contribution in [2.75, 3.05) is 6.54 Å². The van der Waals surface area contributed by atoms with Crippen LogP contribution in [0.1, 0.15) is 11.1 Å². The van der Waals surface area contributed by atoms with Gasteiger partial charge in [0.2, 0.25) is 0 Å². The Morgan fingerprint density at radius 2 is 1.96 bits per heavy atom. The third kappa shape index (κ3) is 4.59. The normalized spacial score (nSPS) is 15.3. The van der Waals surface area contributed by atoms with Gasteiger partial charge in [0.15, 0.2) is 0 Å². The van der Waals surface area contributed by atoms with Gasteiger partial charge in [-0.15, -0.1) is 6.42 Å². The molecule has 0 N–H and O–H groups in total. The van der Waals surface area contributed by atoms with Gasteiger partial charge in [0.05, 0.1) is 11.4 Å². The van der Waals surface area contributed by atoms with E-state index in [1.165, 1.54) is 12.1 Å². The van der Waals surface area contributed by atoms with Crippen LogP contribution >= 0.6 is 27.7 Å². The Hall–Kier alpha value is -2.56. The molecule has 1 aliphatic rings. The van der Waals surface area contributed by atoms with Crippen molar-refractivity contribution in [2.24, 2.45) is 0 Å². The Kier molecular flexibility index (Phi) is 5.99. The second-order valence-corrected chi connectivity index (χ2v) is 7.48. The topological polar surface area (TPSA) is 46.6 Å². The maximum absolute atomic E-state index is 13.0. The van der Waals surface area contributed by atoms with E-state index in [0.29, 0.717) is 11.3 Å². The van der Waals surface area contributed by atoms with Crippen LogP contribution in [0.5, 0.6) is 5.75 Å². The molecule has 0 spiro atoms. The van der Waals surface area contributed by atoms with E-state index < -0.39 is 11.1 Å². The lowest BCUT2D eigenvalue weighted by Crippen LogP contribution is -2.28. The van der Waals surface area contributed by atoms with E-state index in [0.717, 1.165) is 26.7 Å². The number of hydrogen-bond acceptors (Lipinski definition) is 4. The van der Waals surface area contributed by atoms with Crippen LogP contribution in [0.25, 0.3) is 6.08 Å². The van der Waals surface area contributed by atoms with E-state index in [2.05, 4.69) is 21.9 Å². The van der Waals surface area contributed by atoms with Crippen molar-refractivity contribution < 1.29 is 18.7 Å². The number of amides is 2. The molecule has 27 heavy (non-hydrogen) atoms. The Balaban J connectivity index is 1.84. The van der Waals surface area contributed by atoms with Crippen LogP contribution in [0.2, 0.25) is 0 Å². The van der Waals surface area contributed by atoms with E-state index >= 15 is 0 Å². The van der Waals surface area contributed by atoms with Crippen molar-refractivity contribution in [1.29, 1.82) is 0 Å². The van der Waals surface area contributed by atoms with E-state index in [-0.39, 0.29) is 23.9 Å². The first-order valence-electron chi connectivity index (χ1n) is 7.83. The van der Waals surface area contributed by atoms with Crippen LogP contribution < -0.4 is 4.74 Å². The van der Waals surface area contributed by atoms with Crippen molar-refractivity contribution in [3.8, 4) is 18.1 Å². The molecule has 1 heterocycles. The van der Waals surface area contributed by atoms with Gasteiger partial charge in [0.25, 0.3) is 11.1 Å². The number of ether oxygens (including phenoxy) is 1. The van der Waals surface area contributed by atoms with Crippen LogP contribution in [0, 0.1) is 18.2 Å². The zero-order valence-electron chi connectivity index (χ0n) is 13.9. The second-order valence-electron chi connectivity index (χ2n) is 5.57. The Labute approximate surface area is 168 Å². The van der Waals surface area contributed by atoms with Gasteiger partial charge >= 0.3 is 0 Å². The molecule has 0 bridgehead atoms. The van der Waals surface area contributed by atoms with Crippen molar-refractivity contribution in [2.45, 2.75) is 6.61 Å². The molecule has 4 nitrogen and oxygen atoms in total. The molecule has 3 rings (SSSR count). The molecule has 2 amide bonds. The number of carbonyl (C=O) groups is 2. The highest BCUT2D eigenvalue weighted by Crippen LogP contribution is 2.34. The lowest BCUT2D eigenvalue weighted by Gasteiger charge is -2.11. The molecule has 0 unspecified atom stereocenters. The summed E-state index contributed by atoms with van der Waals surface area (Å²) in [6.45, 7) is 0.176. The predicted molar refractivity (Wildman–Crippen MR) is 106 cm³/mol. The zero-order chi connectivity index (χ0) is 19.4. The standard InChI is InChI=1S/C20H13BrFNO3S/c1-2-9-23-19(24)18(27-20(23)25)11-14-10-15(21)5-8-17(14)26-12-13-3-6-16(22)7-4-13/h1,3-8,10-11H,9,12H2/b18-11+. The Bertz CT molecular complexity index is 966. The van der Waals surface area contributed by atoms with E-state index in [9.17, 15) is 14.0 Å². The van der Waals surface area contributed by atoms with Gasteiger partial charge in [0.1, 0.15) is 18.2 Å². The molecular weight excluding hydrogens is 433 g/mol. The largest absolute Gasteiger partial charge is 0.488 e. The Morgan fingerprint density at radius 1 is 1.22 bits per heavy atom. The molecule has 1 saturated heterocycles. The number of benzene rings is 2. The van der Waals surface area contributed by atoms with Crippen LogP contribution in [-0.2, 0) is 11.4 Å². The predicted octanol–water partition coefficient (Wildman–Crippen LogP) is 4.84. The minimum Gasteiger partial charge on any atom is -0.488 e. The van der Waals surface area contributed by atoms with Crippen LogP contribution in [-0.4, -0.2) is 22.6 Å². The van der Waals surface area contributed by atoms with Crippen molar-refractivity contribution in [1.82, 2.24) is 4.90 Å². The number of halogens is 2. The SMILES string of the molecule is C#CCN1C(=O)S/C(=C/c2cc(Br)ccc2OCc2ccc(F)cc2)C1=O. The maximum Gasteiger partial charge on any atom is 0.294 e. The van der Waals surface area contributed by atoms with Crippen molar-refractivity contribution in [3.05, 3.63) is 68.8 Å². The molecule has 2 aromatic rings. The van der Waals surface area contributed by atoms with E-state index in [1.54, 1.807) is 36.4 Å². The molecule has 136 valence electrons. The van der Waals surface area contributed by atoms with Crippen molar-refractivity contribution in [3.63, 3.8) is 0 Å². The lowest BCUT2D eigenvalue weighted by atomic mass is 10.1. The molecule has 1 fully saturated rings. The van der Waals surface area contributed by atoms with Gasteiger partial charge in [-0.1, -0.05) is 34.0 Å². The Morgan fingerprint density at radius 3 is 2.67 bits per heavy atom. The first-order valence-corrected chi connectivity index (χ1v) is 9.44. The third-order valence-corrected chi connectivity index (χ3v) is 5.09. The summed E-state index contributed by atoms with van der Waals surface area (Å²) in [4.78, 5) is 25.6. The smallest absolute Gasteiger partial charge is 0.294 e. The van der Waals surface area contributed by atoms with Gasteiger partial charge in [-0.05, 0) is 53.7 Å². The number of thioether (sulfide) groups is 1. The first-order chi connectivity index (χ1) is 13.0. The van der Waals surface area contributed by atoms with Crippen LogP contribution in [0.3, 0.4) is 0 Å². The van der Waals surface area contributed by atoms with Gasteiger partial charge < -0.3 is 4.74 Å². The highest BCUT2D eigenvalue weighted by molar-refractivity contribution is 9.10. The molecule has 0 aromatic heterocycles. The number of terminal acetylenes is 1. The highest BCUT2D eigenvalue weighted by Gasteiger charge is 2.34. The number of rotatable bonds is 5. The fraction of sp³-hybridized carbons (Fsp3) is 0.100. The highest BCUT2D eigenvalue weighted by atomic mass is 79.9. The number of imide groups is 1. The zero-order valence-corrected chi connectivity index (χ0v) is 16.3. The maximum atomic E-state index is 13.0. The minimum atomic E-state index is -0.424. The molecule has 0 saturated carbocycles. The summed E-state index contributed by atoms with van der Waals surface area (Å²) < 4.78 is 19.6. The number of carbonyl (C=O) groups excluding carboxylic acids is 2. The lowest BCUT2D eigenvalue weighted by molar-refractivity contribution is -0.122. The summed E-state index contributed by atoms with van der Waals surface area (Å²) in [5, 5.41) is -0.395. The third-order valence-electron chi connectivity index (χ3n) is 3.69. The molecule has 0 aliphatic carbocycles. The van der Waals surface area contributed by atoms with Crippen LogP contribution in [0.4, 0.5) is 9.18 Å². The second kappa shape index (κ2) is 8.42. The van der Waals surface area contributed by atoms with Crippen molar-refractivity contribution >= 4 is 44.9 Å². The first kappa shape index (κ1) is 19.2. The van der Waals surface area contributed by atoms with Gasteiger partial charge in [0, 0.05) is 10.0 Å². The minimum absolute atomic E-state index is 0.0611. The molecule has 1 aliphatic heterocycles. The quantitative estimate of drug-likeness (QED) is 0.488. The summed E-state index contributed by atoms with van der Waals surface area (Å²) in [7, 11) is 0. The number of nitrogens with zero attached hydrogens (tertiary/aromatic N) is 1. The van der Waals surface area contributed by atoms with Gasteiger partial charge in [-0.3, -0.25) is 14.5 Å². The summed E-state index contributed by atoms with van der Waals surface area (Å²) >= 11 is 4.23. The average molecular weight is 446 g/mol. The summed E-state index contributed by atoms with van der Waals surface area (Å²) in [5.74, 6) is 2.10. The fourth-order valence-corrected chi connectivity index (χ4v) is 3.58. The fourth-order valence-electron chi connectivity index (χ4n) is 2.37. The summed E-state index contributed by atoms with van der Waals surface area (Å²) in [6.07, 6.45) is 6.81. The van der Waals surface area contributed by atoms with Crippen LogP contribution in [0.15, 0.2) is 51.8 Å². The summed E-state index contributed by atoms with van der Waals surface area (Å²) in [5.41, 5.74) is 1.44. The molecule has 0 radical (unpaired) electrons. The molecular formula is C20H13BrFNO3S. The van der Waals surface area contributed by atoms with Gasteiger partial charge in [-0.25, -0.2) is 4.39 Å². The monoisotopic (exact) mass is 445 g/mol. The average Bonchev–Trinajstić information content (AvgIpc) is 2.90.